The summed E-state index contributed by atoms with van der Waals surface area (Å²) in [6, 6.07) is 94.3. The highest BCUT2D eigenvalue weighted by Gasteiger charge is 2.48. The highest BCUT2D eigenvalue weighted by atomic mass is 15.2. The monoisotopic (exact) mass is 921 g/mol. The van der Waals surface area contributed by atoms with Gasteiger partial charge in [-0.1, -0.05) is 257 Å². The van der Waals surface area contributed by atoms with Gasteiger partial charge in [0.15, 0.2) is 0 Å². The van der Waals surface area contributed by atoms with Gasteiger partial charge in [-0.15, -0.1) is 0 Å². The average molecular weight is 922 g/mol. The molecule has 0 spiro atoms. The van der Waals surface area contributed by atoms with E-state index in [1.807, 2.05) is 36.4 Å². The van der Waals surface area contributed by atoms with Crippen molar-refractivity contribution in [1.82, 2.24) is 5.32 Å². The molecule has 3 aliphatic rings. The van der Waals surface area contributed by atoms with E-state index < -0.39 is 5.41 Å². The molecular weight excluding hydrogens is 871 g/mol. The van der Waals surface area contributed by atoms with E-state index in [4.69, 9.17) is 0 Å². The van der Waals surface area contributed by atoms with Crippen LogP contribution in [0.5, 0.6) is 0 Å². The van der Waals surface area contributed by atoms with Crippen molar-refractivity contribution in [3.8, 4) is 22.3 Å². The van der Waals surface area contributed by atoms with Crippen LogP contribution in [0.2, 0.25) is 0 Å². The SMILES string of the molecule is CC1(C)c2ccccc2-c2ccc(N(C3=C(c4ccccc4)N/C(=C(\C(=N)c4ccccc4)c4ccccc4)c4ccccc43)c3cccc4c3-c3ccccc3C4(c3ccccc3)c3ccccc3)cc21. The summed E-state index contributed by atoms with van der Waals surface area (Å²) in [6.07, 6.45) is 0. The molecule has 3 heteroatoms. The van der Waals surface area contributed by atoms with Crippen LogP contribution in [0.25, 0.3) is 44.9 Å². The summed E-state index contributed by atoms with van der Waals surface area (Å²) in [5.74, 6) is 0. The molecule has 0 bridgehead atoms. The van der Waals surface area contributed by atoms with Crippen molar-refractivity contribution in [3.05, 3.63) is 322 Å². The van der Waals surface area contributed by atoms with Crippen LogP contribution in [-0.4, -0.2) is 5.71 Å². The van der Waals surface area contributed by atoms with Gasteiger partial charge in [0.1, 0.15) is 0 Å². The Kier molecular flexibility index (Phi) is 10.2. The lowest BCUT2D eigenvalue weighted by molar-refractivity contribution is 0.660. The standard InChI is InChI=1S/C69H51N3/c1-68(2)57-39-22-20-35-52(57)53-44-43-51(45-60(53)68)72(61-42-24-41-59-63(61)56-38-21-23-40-58(56)69(59,49-31-14-6-15-32-49)50-33-16-7-17-34-50)67-55-37-19-18-36-54(55)66(71-65(67)48-29-12-5-13-30-48)62(46-25-8-3-9-26-46)64(70)47-27-10-4-11-28-47/h3-45,70-71H,1-2H3/b66-62-,70-64?. The van der Waals surface area contributed by atoms with E-state index in [1.165, 1.54) is 55.6 Å². The topological polar surface area (TPSA) is 39.1 Å². The van der Waals surface area contributed by atoms with Crippen LogP contribution < -0.4 is 10.2 Å². The molecule has 342 valence electrons. The summed E-state index contributed by atoms with van der Waals surface area (Å²) in [7, 11) is 0. The Labute approximate surface area is 422 Å². The molecule has 3 nitrogen and oxygen atoms in total. The number of fused-ring (bicyclic) bond motifs is 7. The summed E-state index contributed by atoms with van der Waals surface area (Å²) in [5, 5.41) is 14.2. The highest BCUT2D eigenvalue weighted by Crippen LogP contribution is 2.61. The Balaban J connectivity index is 1.16. The Bertz CT molecular complexity index is 3760. The summed E-state index contributed by atoms with van der Waals surface area (Å²) in [5.41, 5.74) is 22.9. The van der Waals surface area contributed by atoms with Gasteiger partial charge in [0, 0.05) is 44.5 Å². The highest BCUT2D eigenvalue weighted by molar-refractivity contribution is 6.36. The molecule has 0 saturated heterocycles. The van der Waals surface area contributed by atoms with E-state index in [0.29, 0.717) is 5.71 Å². The molecule has 0 saturated carbocycles. The molecule has 13 rings (SSSR count). The van der Waals surface area contributed by atoms with Crippen LogP contribution in [0.15, 0.2) is 261 Å². The predicted octanol–water partition coefficient (Wildman–Crippen LogP) is 16.6. The molecule has 10 aromatic rings. The van der Waals surface area contributed by atoms with Crippen molar-refractivity contribution in [2.75, 3.05) is 4.90 Å². The molecule has 72 heavy (non-hydrogen) atoms. The number of nitrogens with one attached hydrogen (secondary N) is 2. The van der Waals surface area contributed by atoms with Gasteiger partial charge in [0.25, 0.3) is 0 Å². The van der Waals surface area contributed by atoms with E-state index in [1.54, 1.807) is 0 Å². The quantitative estimate of drug-likeness (QED) is 0.142. The maximum absolute atomic E-state index is 10.0. The second-order valence-corrected chi connectivity index (χ2v) is 19.6. The van der Waals surface area contributed by atoms with Crippen molar-refractivity contribution < 1.29 is 0 Å². The van der Waals surface area contributed by atoms with Gasteiger partial charge in [0.2, 0.25) is 0 Å². The van der Waals surface area contributed by atoms with Crippen LogP contribution in [-0.2, 0) is 10.8 Å². The first-order valence-electron chi connectivity index (χ1n) is 24.9. The molecule has 2 N–H and O–H groups in total. The number of hydrogen-bond acceptors (Lipinski definition) is 3. The number of anilines is 2. The van der Waals surface area contributed by atoms with Gasteiger partial charge in [-0.05, 0) is 73.8 Å². The summed E-state index contributed by atoms with van der Waals surface area (Å²) in [4.78, 5) is 2.55. The molecule has 1 aliphatic heterocycles. The summed E-state index contributed by atoms with van der Waals surface area (Å²) < 4.78 is 0. The lowest BCUT2D eigenvalue weighted by atomic mass is 9.68. The van der Waals surface area contributed by atoms with Crippen molar-refractivity contribution in [3.63, 3.8) is 0 Å². The number of rotatable bonds is 9. The third-order valence-electron chi connectivity index (χ3n) is 15.4. The Hall–Kier alpha value is -9.05. The fourth-order valence-corrected chi connectivity index (χ4v) is 12.2. The molecule has 0 unspecified atom stereocenters. The second kappa shape index (κ2) is 17.1. The molecule has 0 aromatic heterocycles. The third-order valence-corrected chi connectivity index (χ3v) is 15.4. The van der Waals surface area contributed by atoms with Gasteiger partial charge in [-0.3, -0.25) is 5.41 Å². The molecular formula is C69H51N3. The minimum absolute atomic E-state index is 0.244. The van der Waals surface area contributed by atoms with Gasteiger partial charge in [-0.25, -0.2) is 0 Å². The minimum atomic E-state index is -0.602. The van der Waals surface area contributed by atoms with Crippen LogP contribution >= 0.6 is 0 Å². The molecule has 0 fully saturated rings. The third kappa shape index (κ3) is 6.54. The Morgan fingerprint density at radius 2 is 0.917 bits per heavy atom. The van der Waals surface area contributed by atoms with Gasteiger partial charge in [0.05, 0.1) is 33.9 Å². The molecule has 10 aromatic carbocycles. The molecule has 0 radical (unpaired) electrons. The van der Waals surface area contributed by atoms with Crippen LogP contribution in [0, 0.1) is 5.41 Å². The van der Waals surface area contributed by atoms with Crippen molar-refractivity contribution in [2.45, 2.75) is 24.7 Å². The summed E-state index contributed by atoms with van der Waals surface area (Å²) in [6.45, 7) is 4.73. The van der Waals surface area contributed by atoms with E-state index in [9.17, 15) is 5.41 Å². The average Bonchev–Trinajstić information content (AvgIpc) is 3.88. The number of allylic oxidation sites excluding steroid dienone is 1. The molecule has 0 amide bonds. The maximum Gasteiger partial charge on any atom is 0.0782 e. The Morgan fingerprint density at radius 1 is 0.417 bits per heavy atom. The van der Waals surface area contributed by atoms with E-state index in [-0.39, 0.29) is 5.41 Å². The van der Waals surface area contributed by atoms with Crippen molar-refractivity contribution in [2.24, 2.45) is 0 Å². The number of nitrogens with zero attached hydrogens (tertiary/aromatic N) is 1. The van der Waals surface area contributed by atoms with Crippen molar-refractivity contribution >= 4 is 39.8 Å². The maximum atomic E-state index is 10.0. The Morgan fingerprint density at radius 3 is 1.57 bits per heavy atom. The lowest BCUT2D eigenvalue weighted by Crippen LogP contribution is -2.30. The first-order chi connectivity index (χ1) is 35.4. The molecule has 0 atom stereocenters. The van der Waals surface area contributed by atoms with E-state index in [0.717, 1.165) is 61.9 Å². The second-order valence-electron chi connectivity index (χ2n) is 19.6. The minimum Gasteiger partial charge on any atom is -0.352 e. The van der Waals surface area contributed by atoms with Crippen molar-refractivity contribution in [1.29, 1.82) is 5.41 Å². The zero-order chi connectivity index (χ0) is 48.4. The predicted molar refractivity (Wildman–Crippen MR) is 299 cm³/mol. The smallest absolute Gasteiger partial charge is 0.0782 e. The molecule has 1 heterocycles. The van der Waals surface area contributed by atoms with Crippen LogP contribution in [0.4, 0.5) is 11.4 Å². The summed E-state index contributed by atoms with van der Waals surface area (Å²) >= 11 is 0. The largest absolute Gasteiger partial charge is 0.352 e. The first kappa shape index (κ1) is 43.0. The zero-order valence-corrected chi connectivity index (χ0v) is 40.3. The van der Waals surface area contributed by atoms with Crippen LogP contribution in [0.3, 0.4) is 0 Å². The van der Waals surface area contributed by atoms with E-state index >= 15 is 0 Å². The first-order valence-corrected chi connectivity index (χ1v) is 24.9. The number of hydrogen-bond donors (Lipinski definition) is 2. The lowest BCUT2D eigenvalue weighted by Gasteiger charge is -2.38. The normalized spacial score (nSPS) is 15.0. The fraction of sp³-hybridized carbons (Fsp3) is 0.0580. The number of benzene rings is 10. The van der Waals surface area contributed by atoms with E-state index in [2.05, 4.69) is 249 Å². The fourth-order valence-electron chi connectivity index (χ4n) is 12.2. The van der Waals surface area contributed by atoms with Gasteiger partial charge in [-0.2, -0.15) is 0 Å². The van der Waals surface area contributed by atoms with Gasteiger partial charge >= 0.3 is 0 Å². The van der Waals surface area contributed by atoms with Gasteiger partial charge < -0.3 is 10.2 Å². The van der Waals surface area contributed by atoms with Crippen LogP contribution in [0.1, 0.15) is 75.0 Å². The zero-order valence-electron chi connectivity index (χ0n) is 40.3. The molecule has 2 aliphatic carbocycles.